The molecule has 0 heterocycles. The van der Waals surface area contributed by atoms with E-state index in [4.69, 9.17) is 4.74 Å². The van der Waals surface area contributed by atoms with Crippen molar-refractivity contribution in [3.05, 3.63) is 12.2 Å². The number of nitrogens with zero attached hydrogens (tertiary/aromatic N) is 1. The summed E-state index contributed by atoms with van der Waals surface area (Å²) in [6, 6.07) is 0. The smallest absolute Gasteiger partial charge is 0.333 e. The van der Waals surface area contributed by atoms with Gasteiger partial charge in [-0.3, -0.25) is 24.1 Å². The topological polar surface area (TPSA) is 116 Å². The quantitative estimate of drug-likeness (QED) is 0.238. The van der Waals surface area contributed by atoms with Crippen LogP contribution < -0.4 is 0 Å². The molecule has 0 aliphatic heterocycles. The van der Waals surface area contributed by atoms with Crippen molar-refractivity contribution >= 4 is 29.7 Å². The molecular formula is C16H23NO8. The van der Waals surface area contributed by atoms with Gasteiger partial charge in [-0.1, -0.05) is 6.58 Å². The summed E-state index contributed by atoms with van der Waals surface area (Å²) >= 11 is 0. The first-order valence-electron chi connectivity index (χ1n) is 7.69. The summed E-state index contributed by atoms with van der Waals surface area (Å²) in [6.45, 7) is 7.54. The van der Waals surface area contributed by atoms with Gasteiger partial charge in [0, 0.05) is 5.57 Å². The van der Waals surface area contributed by atoms with E-state index in [0.29, 0.717) is 4.90 Å². The van der Waals surface area contributed by atoms with Crippen LogP contribution >= 0.6 is 0 Å². The molecule has 0 aliphatic rings. The number of ether oxygens (including phenoxy) is 3. The Morgan fingerprint density at radius 2 is 1.28 bits per heavy atom. The highest BCUT2D eigenvalue weighted by molar-refractivity contribution is 6.06. The van der Waals surface area contributed by atoms with Gasteiger partial charge in [0.2, 0.25) is 11.8 Å². The molecule has 0 unspecified atom stereocenters. The second-order valence-corrected chi connectivity index (χ2v) is 4.82. The summed E-state index contributed by atoms with van der Waals surface area (Å²) in [6.07, 6.45) is -1.34. The lowest BCUT2D eigenvalue weighted by Crippen LogP contribution is -2.41. The Kier molecular flexibility index (Phi) is 10.5. The molecule has 0 bridgehead atoms. The van der Waals surface area contributed by atoms with Crippen LogP contribution in [0.25, 0.3) is 0 Å². The minimum absolute atomic E-state index is 0.0825. The van der Waals surface area contributed by atoms with Crippen LogP contribution in [0, 0.1) is 0 Å². The second-order valence-electron chi connectivity index (χ2n) is 4.82. The Hall–Kier alpha value is -2.71. The third kappa shape index (κ3) is 9.23. The van der Waals surface area contributed by atoms with Crippen molar-refractivity contribution in [2.45, 2.75) is 33.6 Å². The number of imide groups is 1. The van der Waals surface area contributed by atoms with Crippen LogP contribution in [0.3, 0.4) is 0 Å². The fraction of sp³-hybridized carbons (Fsp3) is 0.562. The molecule has 0 rings (SSSR count). The van der Waals surface area contributed by atoms with Gasteiger partial charge in [-0.05, 0) is 20.8 Å². The van der Waals surface area contributed by atoms with Crippen LogP contribution in [0.4, 0.5) is 0 Å². The Morgan fingerprint density at radius 3 is 1.64 bits per heavy atom. The Balaban J connectivity index is 4.90. The summed E-state index contributed by atoms with van der Waals surface area (Å²) in [5.41, 5.74) is 0.155. The van der Waals surface area contributed by atoms with Gasteiger partial charge in [-0.2, -0.15) is 0 Å². The Labute approximate surface area is 145 Å². The Bertz CT molecular complexity index is 508. The van der Waals surface area contributed by atoms with Crippen LogP contribution in [0.5, 0.6) is 0 Å². The Morgan fingerprint density at radius 1 is 0.840 bits per heavy atom. The van der Waals surface area contributed by atoms with E-state index in [1.807, 2.05) is 0 Å². The average molecular weight is 357 g/mol. The summed E-state index contributed by atoms with van der Waals surface area (Å²) in [7, 11) is 0. The van der Waals surface area contributed by atoms with Gasteiger partial charge in [0.15, 0.2) is 0 Å². The van der Waals surface area contributed by atoms with Crippen molar-refractivity contribution in [1.29, 1.82) is 0 Å². The molecular weight excluding hydrogens is 334 g/mol. The number of esters is 3. The third-order valence-corrected chi connectivity index (χ3v) is 2.70. The zero-order chi connectivity index (χ0) is 19.4. The first-order valence-corrected chi connectivity index (χ1v) is 7.69. The molecule has 0 atom stereocenters. The van der Waals surface area contributed by atoms with E-state index in [0.717, 1.165) is 0 Å². The first-order chi connectivity index (χ1) is 11.7. The summed E-state index contributed by atoms with van der Waals surface area (Å²) in [4.78, 5) is 59.0. The van der Waals surface area contributed by atoms with Crippen molar-refractivity contribution in [3.63, 3.8) is 0 Å². The average Bonchev–Trinajstić information content (AvgIpc) is 2.51. The molecule has 0 radical (unpaired) electrons. The van der Waals surface area contributed by atoms with Gasteiger partial charge in [0.1, 0.15) is 19.4 Å². The van der Waals surface area contributed by atoms with Gasteiger partial charge in [-0.15, -0.1) is 0 Å². The SMILES string of the molecule is C=C(C)C(=O)OCCN(C(=O)CC(=O)OCC)C(=O)CC(=O)OCC. The number of hydrogen-bond donors (Lipinski definition) is 0. The monoisotopic (exact) mass is 357 g/mol. The van der Waals surface area contributed by atoms with Crippen molar-refractivity contribution in [2.24, 2.45) is 0 Å². The number of hydrogen-bond acceptors (Lipinski definition) is 8. The van der Waals surface area contributed by atoms with Gasteiger partial charge in [0.25, 0.3) is 0 Å². The van der Waals surface area contributed by atoms with E-state index in [1.54, 1.807) is 13.8 Å². The number of amides is 2. The summed E-state index contributed by atoms with van der Waals surface area (Å²) < 4.78 is 14.1. The summed E-state index contributed by atoms with van der Waals surface area (Å²) in [5, 5.41) is 0. The molecule has 140 valence electrons. The minimum atomic E-state index is -0.862. The van der Waals surface area contributed by atoms with E-state index in [9.17, 15) is 24.0 Å². The lowest BCUT2D eigenvalue weighted by Gasteiger charge is -2.20. The number of carbonyl (C=O) groups excluding carboxylic acids is 5. The number of carbonyl (C=O) groups is 5. The molecule has 2 amide bonds. The highest BCUT2D eigenvalue weighted by Crippen LogP contribution is 2.03. The maximum absolute atomic E-state index is 12.1. The molecule has 0 aromatic carbocycles. The van der Waals surface area contributed by atoms with E-state index >= 15 is 0 Å². The molecule has 0 spiro atoms. The highest BCUT2D eigenvalue weighted by Gasteiger charge is 2.26. The first kappa shape index (κ1) is 22.3. The van der Waals surface area contributed by atoms with Crippen molar-refractivity contribution in [2.75, 3.05) is 26.4 Å². The maximum atomic E-state index is 12.1. The molecule has 0 fully saturated rings. The van der Waals surface area contributed by atoms with E-state index in [1.165, 1.54) is 6.92 Å². The van der Waals surface area contributed by atoms with Crippen LogP contribution in [0.15, 0.2) is 12.2 Å². The fourth-order valence-electron chi connectivity index (χ4n) is 1.60. The van der Waals surface area contributed by atoms with Gasteiger partial charge >= 0.3 is 17.9 Å². The van der Waals surface area contributed by atoms with E-state index in [2.05, 4.69) is 16.1 Å². The van der Waals surface area contributed by atoms with Gasteiger partial charge in [-0.25, -0.2) is 4.79 Å². The second kappa shape index (κ2) is 11.8. The van der Waals surface area contributed by atoms with Gasteiger partial charge < -0.3 is 14.2 Å². The lowest BCUT2D eigenvalue weighted by molar-refractivity contribution is -0.156. The molecule has 0 saturated heterocycles. The van der Waals surface area contributed by atoms with E-state index in [-0.39, 0.29) is 31.9 Å². The van der Waals surface area contributed by atoms with E-state index < -0.39 is 42.6 Å². The zero-order valence-corrected chi connectivity index (χ0v) is 14.7. The molecule has 0 N–H and O–H groups in total. The lowest BCUT2D eigenvalue weighted by atomic mass is 10.3. The van der Waals surface area contributed by atoms with Crippen LogP contribution in [0.1, 0.15) is 33.6 Å². The normalized spacial score (nSPS) is 9.72. The molecule has 0 aromatic rings. The van der Waals surface area contributed by atoms with Crippen LogP contribution in [-0.4, -0.2) is 61.0 Å². The van der Waals surface area contributed by atoms with Crippen molar-refractivity contribution in [3.8, 4) is 0 Å². The van der Waals surface area contributed by atoms with Crippen molar-refractivity contribution < 1.29 is 38.2 Å². The van der Waals surface area contributed by atoms with Crippen LogP contribution in [0.2, 0.25) is 0 Å². The fourth-order valence-corrected chi connectivity index (χ4v) is 1.60. The highest BCUT2D eigenvalue weighted by atomic mass is 16.5. The molecule has 0 aromatic heterocycles. The predicted molar refractivity (Wildman–Crippen MR) is 85.0 cm³/mol. The minimum Gasteiger partial charge on any atom is -0.466 e. The van der Waals surface area contributed by atoms with Crippen molar-refractivity contribution in [1.82, 2.24) is 4.90 Å². The summed E-state index contributed by atoms with van der Waals surface area (Å²) in [5.74, 6) is -4.02. The third-order valence-electron chi connectivity index (χ3n) is 2.70. The molecule has 9 nitrogen and oxygen atoms in total. The molecule has 0 saturated carbocycles. The number of rotatable bonds is 10. The standard InChI is InChI=1S/C16H23NO8/c1-5-23-14(20)9-12(18)17(7-8-25-16(22)11(3)4)13(19)10-15(21)24-6-2/h3,5-10H2,1-2,4H3. The zero-order valence-electron chi connectivity index (χ0n) is 14.7. The molecule has 0 aliphatic carbocycles. The largest absolute Gasteiger partial charge is 0.466 e. The van der Waals surface area contributed by atoms with Gasteiger partial charge in [0.05, 0.1) is 19.8 Å². The maximum Gasteiger partial charge on any atom is 0.333 e. The molecule has 25 heavy (non-hydrogen) atoms. The predicted octanol–water partition coefficient (Wildman–Crippen LogP) is 0.367. The van der Waals surface area contributed by atoms with Crippen LogP contribution in [-0.2, 0) is 38.2 Å². The molecule has 9 heteroatoms.